The molecule has 4 aromatic rings. The summed E-state index contributed by atoms with van der Waals surface area (Å²) in [6.07, 6.45) is 2.04. The molecule has 1 N–H and O–H groups in total. The summed E-state index contributed by atoms with van der Waals surface area (Å²) < 4.78 is 5.21. The molecule has 0 saturated carbocycles. The Morgan fingerprint density at radius 2 is 1.77 bits per heavy atom. The van der Waals surface area contributed by atoms with Crippen molar-refractivity contribution >= 4 is 22.8 Å². The van der Waals surface area contributed by atoms with Gasteiger partial charge >= 0.3 is 0 Å². The van der Waals surface area contributed by atoms with E-state index in [0.29, 0.717) is 40.8 Å². The number of pyridine rings is 1. The fourth-order valence-electron chi connectivity index (χ4n) is 3.80. The number of nitrogens with one attached hydrogen (secondary N) is 1. The first kappa shape index (κ1) is 18.1. The number of carbonyl (C=O) groups is 2. The molecule has 1 aliphatic rings. The van der Waals surface area contributed by atoms with Crippen LogP contribution < -0.4 is 4.74 Å². The van der Waals surface area contributed by atoms with E-state index in [2.05, 4.69) is 15.2 Å². The molecule has 3 heterocycles. The number of rotatable bonds is 5. The number of aromatic amines is 1. The van der Waals surface area contributed by atoms with Gasteiger partial charge in [0, 0.05) is 18.3 Å². The molecule has 0 fully saturated rings. The van der Waals surface area contributed by atoms with E-state index in [9.17, 15) is 9.59 Å². The normalized spacial score (nSPS) is 13.2. The molecule has 148 valence electrons. The van der Waals surface area contributed by atoms with Gasteiger partial charge in [0.15, 0.2) is 5.65 Å². The Morgan fingerprint density at radius 1 is 1.00 bits per heavy atom. The molecule has 5 rings (SSSR count). The van der Waals surface area contributed by atoms with Crippen LogP contribution in [-0.4, -0.2) is 45.6 Å². The maximum atomic E-state index is 13.2. The van der Waals surface area contributed by atoms with Crippen molar-refractivity contribution in [3.8, 4) is 17.0 Å². The lowest BCUT2D eigenvalue weighted by Crippen LogP contribution is -2.31. The van der Waals surface area contributed by atoms with Crippen molar-refractivity contribution in [2.24, 2.45) is 0 Å². The predicted octanol–water partition coefficient (Wildman–Crippen LogP) is 3.47. The number of H-pyrrole nitrogens is 1. The minimum absolute atomic E-state index is 0.311. The third-order valence-electron chi connectivity index (χ3n) is 5.36. The van der Waals surface area contributed by atoms with E-state index in [0.717, 1.165) is 16.9 Å². The first-order valence-corrected chi connectivity index (χ1v) is 9.59. The summed E-state index contributed by atoms with van der Waals surface area (Å²) in [6, 6.07) is 17.2. The quantitative estimate of drug-likeness (QED) is 0.520. The van der Waals surface area contributed by atoms with Crippen LogP contribution in [-0.2, 0) is 6.42 Å². The average molecular weight is 398 g/mol. The van der Waals surface area contributed by atoms with Gasteiger partial charge in [-0.1, -0.05) is 30.3 Å². The molecular formula is C23H18N4O3. The van der Waals surface area contributed by atoms with E-state index in [-0.39, 0.29) is 11.8 Å². The molecule has 0 aliphatic carbocycles. The molecule has 1 aliphatic heterocycles. The summed E-state index contributed by atoms with van der Waals surface area (Å²) in [5.41, 5.74) is 3.64. The van der Waals surface area contributed by atoms with Crippen molar-refractivity contribution in [1.29, 1.82) is 0 Å². The van der Waals surface area contributed by atoms with Gasteiger partial charge in [-0.05, 0) is 36.2 Å². The second-order valence-corrected chi connectivity index (χ2v) is 7.07. The zero-order valence-electron chi connectivity index (χ0n) is 16.3. The summed E-state index contributed by atoms with van der Waals surface area (Å²) in [5, 5.41) is 7.78. The molecule has 0 bridgehead atoms. The van der Waals surface area contributed by atoms with Gasteiger partial charge in [-0.25, -0.2) is 4.98 Å². The van der Waals surface area contributed by atoms with Gasteiger partial charge in [-0.3, -0.25) is 19.6 Å². The number of benzene rings is 2. The predicted molar refractivity (Wildman–Crippen MR) is 111 cm³/mol. The number of carbonyl (C=O) groups excluding carboxylic acids is 2. The zero-order chi connectivity index (χ0) is 20.7. The number of imide groups is 1. The van der Waals surface area contributed by atoms with Crippen LogP contribution in [0.5, 0.6) is 5.75 Å². The van der Waals surface area contributed by atoms with E-state index in [1.54, 1.807) is 7.11 Å². The molecule has 30 heavy (non-hydrogen) atoms. The van der Waals surface area contributed by atoms with Crippen LogP contribution in [0.25, 0.3) is 22.3 Å². The molecule has 2 amide bonds. The van der Waals surface area contributed by atoms with Gasteiger partial charge in [0.05, 0.1) is 29.3 Å². The summed E-state index contributed by atoms with van der Waals surface area (Å²) in [5.74, 6) is 0.0981. The van der Waals surface area contributed by atoms with Crippen molar-refractivity contribution in [1.82, 2.24) is 20.1 Å². The zero-order valence-corrected chi connectivity index (χ0v) is 16.3. The maximum absolute atomic E-state index is 13.2. The van der Waals surface area contributed by atoms with Gasteiger partial charge < -0.3 is 4.74 Å². The molecule has 2 aromatic heterocycles. The summed E-state index contributed by atoms with van der Waals surface area (Å²) in [7, 11) is 1.60. The van der Waals surface area contributed by atoms with Crippen molar-refractivity contribution in [3.63, 3.8) is 0 Å². The van der Waals surface area contributed by atoms with Crippen LogP contribution in [0.4, 0.5) is 0 Å². The van der Waals surface area contributed by atoms with Gasteiger partial charge in [0.25, 0.3) is 11.8 Å². The second-order valence-electron chi connectivity index (χ2n) is 7.07. The van der Waals surface area contributed by atoms with E-state index in [4.69, 9.17) is 4.74 Å². The average Bonchev–Trinajstić information content (AvgIpc) is 3.32. The molecular weight excluding hydrogens is 380 g/mol. The molecule has 7 nitrogen and oxygen atoms in total. The van der Waals surface area contributed by atoms with E-state index in [1.807, 2.05) is 54.6 Å². The standard InChI is InChI=1S/C23H18N4O3/c1-30-16-9-7-15(8-10-16)20-19-18-17(13-24-21(19)26-25-20)22(28)27(23(18)29)12-11-14-5-3-2-4-6-14/h2-10,13H,11-12H2,1H3,(H,24,25,26). The van der Waals surface area contributed by atoms with Gasteiger partial charge in [-0.15, -0.1) is 0 Å². The third kappa shape index (κ3) is 2.83. The third-order valence-corrected chi connectivity index (χ3v) is 5.36. The highest BCUT2D eigenvalue weighted by Gasteiger charge is 2.38. The van der Waals surface area contributed by atoms with Crippen molar-refractivity contribution in [3.05, 3.63) is 77.5 Å². The number of amides is 2. The highest BCUT2D eigenvalue weighted by molar-refractivity contribution is 6.27. The van der Waals surface area contributed by atoms with Crippen LogP contribution in [0, 0.1) is 0 Å². The van der Waals surface area contributed by atoms with Crippen LogP contribution >= 0.6 is 0 Å². The highest BCUT2D eigenvalue weighted by Crippen LogP contribution is 2.35. The Balaban J connectivity index is 1.54. The topological polar surface area (TPSA) is 88.2 Å². The number of nitrogens with zero attached hydrogens (tertiary/aromatic N) is 3. The first-order valence-electron chi connectivity index (χ1n) is 9.59. The first-order chi connectivity index (χ1) is 14.7. The van der Waals surface area contributed by atoms with Gasteiger partial charge in [-0.2, -0.15) is 5.10 Å². The van der Waals surface area contributed by atoms with Gasteiger partial charge in [0.2, 0.25) is 0 Å². The Morgan fingerprint density at radius 3 is 2.50 bits per heavy atom. The van der Waals surface area contributed by atoms with Crippen LogP contribution in [0.3, 0.4) is 0 Å². The van der Waals surface area contributed by atoms with Crippen LogP contribution in [0.1, 0.15) is 26.3 Å². The SMILES string of the molecule is COc1ccc(-c2[nH]nc3ncc4c(c23)C(=O)N(CCc2ccccc2)C4=O)cc1. The fraction of sp³-hybridized carbons (Fsp3) is 0.130. The summed E-state index contributed by atoms with van der Waals surface area (Å²) in [4.78, 5) is 31.8. The number of methoxy groups -OCH3 is 1. The van der Waals surface area contributed by atoms with Crippen molar-refractivity contribution in [2.75, 3.05) is 13.7 Å². The molecule has 0 radical (unpaired) electrons. The van der Waals surface area contributed by atoms with Gasteiger partial charge in [0.1, 0.15) is 5.75 Å². The maximum Gasteiger partial charge on any atom is 0.263 e. The fourth-order valence-corrected chi connectivity index (χ4v) is 3.80. The van der Waals surface area contributed by atoms with E-state index >= 15 is 0 Å². The van der Waals surface area contributed by atoms with E-state index < -0.39 is 0 Å². The summed E-state index contributed by atoms with van der Waals surface area (Å²) in [6.45, 7) is 0.313. The Hall–Kier alpha value is -4.00. The minimum atomic E-state index is -0.317. The van der Waals surface area contributed by atoms with Crippen LogP contribution in [0.15, 0.2) is 60.8 Å². The Kier molecular flexibility index (Phi) is 4.28. The molecule has 0 spiro atoms. The lowest BCUT2D eigenvalue weighted by molar-refractivity contribution is 0.0656. The minimum Gasteiger partial charge on any atom is -0.497 e. The lowest BCUT2D eigenvalue weighted by atomic mass is 10.0. The Bertz CT molecular complexity index is 1260. The number of aromatic nitrogens is 3. The second kappa shape index (κ2) is 7.11. The molecule has 0 saturated heterocycles. The smallest absolute Gasteiger partial charge is 0.263 e. The number of ether oxygens (including phenoxy) is 1. The molecule has 0 atom stereocenters. The highest BCUT2D eigenvalue weighted by atomic mass is 16.5. The monoisotopic (exact) mass is 398 g/mol. The molecule has 7 heteroatoms. The number of hydrogen-bond acceptors (Lipinski definition) is 5. The largest absolute Gasteiger partial charge is 0.497 e. The van der Waals surface area contributed by atoms with Crippen molar-refractivity contribution in [2.45, 2.75) is 6.42 Å². The Labute approximate surface area is 172 Å². The lowest BCUT2D eigenvalue weighted by Gasteiger charge is -2.13. The molecule has 2 aromatic carbocycles. The number of fused-ring (bicyclic) bond motifs is 3. The number of hydrogen-bond donors (Lipinski definition) is 1. The molecule has 0 unspecified atom stereocenters. The van der Waals surface area contributed by atoms with Crippen molar-refractivity contribution < 1.29 is 14.3 Å². The summed E-state index contributed by atoms with van der Waals surface area (Å²) >= 11 is 0. The van der Waals surface area contributed by atoms with Crippen LogP contribution in [0.2, 0.25) is 0 Å². The van der Waals surface area contributed by atoms with E-state index in [1.165, 1.54) is 11.1 Å².